The Labute approximate surface area is 127 Å². The Morgan fingerprint density at radius 3 is 2.81 bits per heavy atom. The molecule has 0 aromatic carbocycles. The number of nitrogens with two attached hydrogens (primary N) is 1. The van der Waals surface area contributed by atoms with E-state index in [9.17, 15) is 0 Å². The van der Waals surface area contributed by atoms with E-state index in [1.54, 1.807) is 16.9 Å². The fourth-order valence-corrected chi connectivity index (χ4v) is 2.80. The van der Waals surface area contributed by atoms with E-state index < -0.39 is 0 Å². The van der Waals surface area contributed by atoms with Crippen LogP contribution in [0.2, 0.25) is 0 Å². The first kappa shape index (κ1) is 14.1. The van der Waals surface area contributed by atoms with Crippen LogP contribution >= 0.6 is 11.3 Å². The molecule has 0 aliphatic carbocycles. The van der Waals surface area contributed by atoms with Gasteiger partial charge in [-0.2, -0.15) is 9.61 Å². The summed E-state index contributed by atoms with van der Waals surface area (Å²) in [6.07, 6.45) is 4.23. The molecule has 0 amide bonds. The van der Waals surface area contributed by atoms with E-state index >= 15 is 0 Å². The predicted molar refractivity (Wildman–Crippen MR) is 83.0 cm³/mol. The fourth-order valence-electron chi connectivity index (χ4n) is 1.91. The van der Waals surface area contributed by atoms with Crippen LogP contribution in [-0.2, 0) is 6.42 Å². The highest BCUT2D eigenvalue weighted by Gasteiger charge is 2.23. The molecule has 0 saturated heterocycles. The maximum atomic E-state index is 6.23. The van der Waals surface area contributed by atoms with Gasteiger partial charge in [0.05, 0.1) is 0 Å². The fraction of sp³-hybridized carbons (Fsp3) is 0.429. The molecule has 3 aromatic heterocycles. The predicted octanol–water partition coefficient (Wildman–Crippen LogP) is 2.16. The van der Waals surface area contributed by atoms with Gasteiger partial charge in [-0.05, 0) is 17.5 Å². The molecule has 0 radical (unpaired) electrons. The molecule has 0 saturated carbocycles. The van der Waals surface area contributed by atoms with E-state index in [0.717, 1.165) is 22.0 Å². The van der Waals surface area contributed by atoms with E-state index in [-0.39, 0.29) is 11.5 Å². The number of pyridine rings is 1. The second kappa shape index (κ2) is 5.16. The molecule has 2 N–H and O–H groups in total. The summed E-state index contributed by atoms with van der Waals surface area (Å²) < 4.78 is 1.77. The maximum Gasteiger partial charge on any atom is 0.234 e. The summed E-state index contributed by atoms with van der Waals surface area (Å²) in [7, 11) is 0. The lowest BCUT2D eigenvalue weighted by molar-refractivity contribution is 0.318. The summed E-state index contributed by atoms with van der Waals surface area (Å²) in [5.74, 6) is 0.713. The van der Waals surface area contributed by atoms with Gasteiger partial charge >= 0.3 is 0 Å². The average Bonchev–Trinajstić information content (AvgIpc) is 2.98. The van der Waals surface area contributed by atoms with Crippen LogP contribution < -0.4 is 5.73 Å². The first-order valence-electron chi connectivity index (χ1n) is 6.82. The molecule has 0 aliphatic heterocycles. The van der Waals surface area contributed by atoms with Crippen molar-refractivity contribution >= 4 is 16.3 Å². The molecule has 0 fully saturated rings. The second-order valence-corrected chi connectivity index (χ2v) is 7.17. The zero-order valence-corrected chi connectivity index (χ0v) is 13.1. The van der Waals surface area contributed by atoms with Crippen LogP contribution in [0, 0.1) is 5.41 Å². The van der Waals surface area contributed by atoms with E-state index in [1.807, 2.05) is 12.1 Å². The molecule has 6 nitrogen and oxygen atoms in total. The third kappa shape index (κ3) is 2.79. The Morgan fingerprint density at radius 1 is 1.33 bits per heavy atom. The van der Waals surface area contributed by atoms with Crippen LogP contribution in [0.3, 0.4) is 0 Å². The first-order valence-corrected chi connectivity index (χ1v) is 7.64. The molecule has 0 spiro atoms. The van der Waals surface area contributed by atoms with Crippen molar-refractivity contribution in [1.82, 2.24) is 24.8 Å². The maximum absolute atomic E-state index is 6.23. The summed E-state index contributed by atoms with van der Waals surface area (Å²) in [4.78, 5) is 4.89. The molecule has 1 unspecified atom stereocenters. The number of aromatic nitrogens is 5. The van der Waals surface area contributed by atoms with Gasteiger partial charge in [-0.1, -0.05) is 32.1 Å². The van der Waals surface area contributed by atoms with Gasteiger partial charge in [-0.3, -0.25) is 4.98 Å². The zero-order valence-electron chi connectivity index (χ0n) is 12.3. The normalized spacial score (nSPS) is 13.7. The molecule has 110 valence electrons. The monoisotopic (exact) mass is 302 g/mol. The van der Waals surface area contributed by atoms with Crippen molar-refractivity contribution < 1.29 is 0 Å². The topological polar surface area (TPSA) is 82.0 Å². The Hall–Kier alpha value is -1.86. The summed E-state index contributed by atoms with van der Waals surface area (Å²) in [5, 5.41) is 14.0. The van der Waals surface area contributed by atoms with Gasteiger partial charge in [-0.25, -0.2) is 0 Å². The number of hydrogen-bond donors (Lipinski definition) is 1. The Morgan fingerprint density at radius 2 is 2.14 bits per heavy atom. The summed E-state index contributed by atoms with van der Waals surface area (Å²) >= 11 is 1.54. The number of nitrogens with zero attached hydrogens (tertiary/aromatic N) is 5. The van der Waals surface area contributed by atoms with Gasteiger partial charge in [-0.15, -0.1) is 10.2 Å². The van der Waals surface area contributed by atoms with Gasteiger partial charge in [0.2, 0.25) is 4.96 Å². The molecule has 3 aromatic rings. The molecular weight excluding hydrogens is 284 g/mol. The van der Waals surface area contributed by atoms with Crippen LogP contribution in [0.4, 0.5) is 0 Å². The van der Waals surface area contributed by atoms with E-state index in [4.69, 9.17) is 5.73 Å². The highest BCUT2D eigenvalue weighted by atomic mass is 32.1. The summed E-state index contributed by atoms with van der Waals surface area (Å²) in [6, 6.07) is 3.88. The number of rotatable bonds is 3. The molecule has 3 heterocycles. The van der Waals surface area contributed by atoms with Crippen molar-refractivity contribution in [3.8, 4) is 11.4 Å². The van der Waals surface area contributed by atoms with Crippen molar-refractivity contribution in [1.29, 1.82) is 0 Å². The van der Waals surface area contributed by atoms with E-state index in [0.29, 0.717) is 5.82 Å². The van der Waals surface area contributed by atoms with Crippen LogP contribution in [-0.4, -0.2) is 30.8 Å². The number of fused-ring (bicyclic) bond motifs is 1. The highest BCUT2D eigenvalue weighted by molar-refractivity contribution is 7.16. The third-order valence-electron chi connectivity index (χ3n) is 3.46. The zero-order chi connectivity index (χ0) is 15.0. The Bertz CT molecular complexity index is 740. The number of hydrogen-bond acceptors (Lipinski definition) is 6. The Kier molecular flexibility index (Phi) is 3.46. The summed E-state index contributed by atoms with van der Waals surface area (Å²) in [5.41, 5.74) is 7.19. The standard InChI is InChI=1S/C14H18N6S/c1-14(2,3)10(15)7-11-19-20-12(17-18-13(20)21-11)9-5-4-6-16-8-9/h4-6,8,10H,7,15H2,1-3H3. The van der Waals surface area contributed by atoms with Crippen LogP contribution in [0.5, 0.6) is 0 Å². The SMILES string of the molecule is CC(C)(C)C(N)Cc1nn2c(-c3cccnc3)nnc2s1. The molecule has 1 atom stereocenters. The van der Waals surface area contributed by atoms with Gasteiger partial charge in [0.15, 0.2) is 5.82 Å². The van der Waals surface area contributed by atoms with Crippen molar-refractivity contribution in [3.05, 3.63) is 29.5 Å². The van der Waals surface area contributed by atoms with E-state index in [1.165, 1.54) is 11.3 Å². The van der Waals surface area contributed by atoms with Crippen LogP contribution in [0.1, 0.15) is 25.8 Å². The second-order valence-electron chi connectivity index (χ2n) is 6.13. The minimum Gasteiger partial charge on any atom is -0.327 e. The molecule has 0 bridgehead atoms. The third-order valence-corrected chi connectivity index (χ3v) is 4.38. The van der Waals surface area contributed by atoms with Crippen LogP contribution in [0.15, 0.2) is 24.5 Å². The van der Waals surface area contributed by atoms with Crippen molar-refractivity contribution in [2.45, 2.75) is 33.2 Å². The molecular formula is C14H18N6S. The van der Waals surface area contributed by atoms with E-state index in [2.05, 4.69) is 41.1 Å². The highest BCUT2D eigenvalue weighted by Crippen LogP contribution is 2.25. The van der Waals surface area contributed by atoms with Gasteiger partial charge < -0.3 is 5.73 Å². The first-order chi connectivity index (χ1) is 9.95. The lowest BCUT2D eigenvalue weighted by atomic mass is 9.86. The quantitative estimate of drug-likeness (QED) is 0.801. The van der Waals surface area contributed by atoms with Crippen molar-refractivity contribution in [2.75, 3.05) is 0 Å². The smallest absolute Gasteiger partial charge is 0.234 e. The molecule has 0 aliphatic rings. The lowest BCUT2D eigenvalue weighted by Gasteiger charge is -2.25. The molecule has 3 rings (SSSR count). The van der Waals surface area contributed by atoms with Crippen LogP contribution in [0.25, 0.3) is 16.3 Å². The lowest BCUT2D eigenvalue weighted by Crippen LogP contribution is -2.36. The minimum atomic E-state index is 0.0538. The minimum absolute atomic E-state index is 0.0538. The Balaban J connectivity index is 1.94. The van der Waals surface area contributed by atoms with Gasteiger partial charge in [0.25, 0.3) is 0 Å². The largest absolute Gasteiger partial charge is 0.327 e. The molecule has 7 heteroatoms. The van der Waals surface area contributed by atoms with Gasteiger partial charge in [0.1, 0.15) is 5.01 Å². The molecule has 21 heavy (non-hydrogen) atoms. The van der Waals surface area contributed by atoms with Crippen molar-refractivity contribution in [3.63, 3.8) is 0 Å². The average molecular weight is 302 g/mol. The summed E-state index contributed by atoms with van der Waals surface area (Å²) in [6.45, 7) is 6.41. The van der Waals surface area contributed by atoms with Gasteiger partial charge in [0, 0.05) is 30.4 Å². The van der Waals surface area contributed by atoms with Crippen molar-refractivity contribution in [2.24, 2.45) is 11.1 Å².